The van der Waals surface area contributed by atoms with E-state index in [2.05, 4.69) is 25.6 Å². The molecule has 0 saturated carbocycles. The number of aryl methyl sites for hydroxylation is 2. The van der Waals surface area contributed by atoms with Crippen molar-refractivity contribution >= 4 is 51.7 Å². The van der Waals surface area contributed by atoms with Gasteiger partial charge in [0, 0.05) is 57.4 Å². The fourth-order valence-corrected chi connectivity index (χ4v) is 6.04. The molecule has 0 unspecified atom stereocenters. The fraction of sp³-hybridized carbons (Fsp3) is 0.333. The van der Waals surface area contributed by atoms with Gasteiger partial charge in [0.15, 0.2) is 0 Å². The second-order valence-electron chi connectivity index (χ2n) is 11.6. The summed E-state index contributed by atoms with van der Waals surface area (Å²) in [6, 6.07) is 10.4. The van der Waals surface area contributed by atoms with Gasteiger partial charge in [0.1, 0.15) is 5.69 Å². The zero-order valence-electron chi connectivity index (χ0n) is 27.2. The molecule has 15 nitrogen and oxygen atoms in total. The average molecular weight is 654 g/mol. The number of allylic oxidation sites excluding steroid dienone is 2. The van der Waals surface area contributed by atoms with Gasteiger partial charge in [0.05, 0.1) is 41.0 Å². The van der Waals surface area contributed by atoms with E-state index in [4.69, 9.17) is 21.2 Å². The number of ether oxygens (including phenoxy) is 1. The van der Waals surface area contributed by atoms with Crippen molar-refractivity contribution in [3.63, 3.8) is 0 Å². The van der Waals surface area contributed by atoms with Gasteiger partial charge in [0.25, 0.3) is 5.91 Å². The smallest absolute Gasteiger partial charge is 0.276 e. The van der Waals surface area contributed by atoms with Crippen molar-refractivity contribution in [3.05, 3.63) is 76.6 Å². The molecule has 1 aliphatic rings. The van der Waals surface area contributed by atoms with E-state index in [-0.39, 0.29) is 5.91 Å². The molecule has 4 heterocycles. The van der Waals surface area contributed by atoms with E-state index in [1.807, 2.05) is 41.2 Å². The normalized spacial score (nSPS) is 13.9. The number of nitrogens with one attached hydrogen (secondary N) is 2. The maximum absolute atomic E-state index is 13.6. The van der Waals surface area contributed by atoms with Crippen LogP contribution in [-0.4, -0.2) is 84.9 Å². The second kappa shape index (κ2) is 13.7. The molecule has 0 spiro atoms. The molecule has 0 aliphatic carbocycles. The van der Waals surface area contributed by atoms with Gasteiger partial charge < -0.3 is 30.7 Å². The Kier molecular flexibility index (Phi) is 9.23. The number of benzene rings is 2. The fourth-order valence-electron chi connectivity index (χ4n) is 6.04. The van der Waals surface area contributed by atoms with Gasteiger partial charge in [-0.25, -0.2) is 9.97 Å². The Morgan fingerprint density at radius 1 is 0.917 bits per heavy atom. The number of fused-ring (bicyclic) bond motifs is 2. The topological polar surface area (TPSA) is 193 Å². The summed E-state index contributed by atoms with van der Waals surface area (Å²) in [5, 5.41) is 10.5. The molecule has 0 bridgehead atoms. The highest BCUT2D eigenvalue weighted by Gasteiger charge is 2.22. The number of carbonyl (C=O) groups excluding carboxylic acids is 3. The van der Waals surface area contributed by atoms with Crippen molar-refractivity contribution in [2.24, 2.45) is 11.5 Å². The maximum Gasteiger partial charge on any atom is 0.276 e. The van der Waals surface area contributed by atoms with Crippen LogP contribution in [0.4, 0.5) is 11.9 Å². The van der Waals surface area contributed by atoms with E-state index in [9.17, 15) is 14.4 Å². The Balaban J connectivity index is 1.38. The summed E-state index contributed by atoms with van der Waals surface area (Å²) >= 11 is 0. The first-order valence-electron chi connectivity index (χ1n) is 15.8. The zero-order chi connectivity index (χ0) is 33.9. The molecule has 1 fully saturated rings. The highest BCUT2D eigenvalue weighted by atomic mass is 16.5. The third kappa shape index (κ3) is 6.50. The maximum atomic E-state index is 13.6. The summed E-state index contributed by atoms with van der Waals surface area (Å²) in [5.74, 6) is -0.459. The molecule has 3 aromatic heterocycles. The number of nitrogens with two attached hydrogens (primary N) is 2. The molecule has 2 aromatic carbocycles. The molecule has 250 valence electrons. The Bertz CT molecular complexity index is 2050. The molecule has 1 saturated heterocycles. The molecule has 0 atom stereocenters. The lowest BCUT2D eigenvalue weighted by Gasteiger charge is -2.27. The Morgan fingerprint density at radius 3 is 2.29 bits per heavy atom. The largest absolute Gasteiger partial charge is 0.379 e. The van der Waals surface area contributed by atoms with Crippen molar-refractivity contribution < 1.29 is 19.1 Å². The van der Waals surface area contributed by atoms with Gasteiger partial charge in [0.2, 0.25) is 23.7 Å². The molecule has 3 amide bonds. The van der Waals surface area contributed by atoms with Crippen LogP contribution in [0.1, 0.15) is 49.4 Å². The standard InChI is InChI=1S/C33H39N11O4/c1-4-44-27(15-20(2)40-44)31(47)39-33-38-25-18-22(30(35)46)16-23(19-41-11-13-48-14-12-41)28(25)43(33)10-6-5-9-42-26-8-7-21(29(34)45)17-24(26)37-32(42)36-3/h5-8,15-18H,4,9-14,19H2,1-3H3,(H2,34,45)(H2,35,46)(H,36,37)(H,38,39,47)/b6-5+. The summed E-state index contributed by atoms with van der Waals surface area (Å²) in [7, 11) is 1.78. The zero-order valence-corrected chi connectivity index (χ0v) is 27.2. The Labute approximate surface area is 276 Å². The Hall–Kier alpha value is -5.54. The van der Waals surface area contributed by atoms with Gasteiger partial charge in [-0.05, 0) is 55.8 Å². The van der Waals surface area contributed by atoms with E-state index < -0.39 is 11.8 Å². The lowest BCUT2D eigenvalue weighted by molar-refractivity contribution is 0.0343. The number of imidazole rings is 2. The number of nitrogens with zero attached hydrogens (tertiary/aromatic N) is 7. The van der Waals surface area contributed by atoms with E-state index in [1.165, 1.54) is 0 Å². The first kappa shape index (κ1) is 32.4. The Morgan fingerprint density at radius 2 is 1.60 bits per heavy atom. The molecule has 0 radical (unpaired) electrons. The van der Waals surface area contributed by atoms with Crippen molar-refractivity contribution in [3.8, 4) is 0 Å². The molecule has 1 aliphatic heterocycles. The van der Waals surface area contributed by atoms with Crippen LogP contribution in [0.25, 0.3) is 22.1 Å². The third-order valence-corrected chi connectivity index (χ3v) is 8.36. The minimum Gasteiger partial charge on any atom is -0.379 e. The lowest BCUT2D eigenvalue weighted by Crippen LogP contribution is -2.35. The molecule has 48 heavy (non-hydrogen) atoms. The third-order valence-electron chi connectivity index (χ3n) is 8.36. The lowest BCUT2D eigenvalue weighted by atomic mass is 10.1. The molecular formula is C33H39N11O4. The summed E-state index contributed by atoms with van der Waals surface area (Å²) in [6.07, 6.45) is 3.98. The number of hydrogen-bond acceptors (Lipinski definition) is 9. The van der Waals surface area contributed by atoms with Crippen LogP contribution in [0.3, 0.4) is 0 Å². The highest BCUT2D eigenvalue weighted by molar-refractivity contribution is 6.04. The van der Waals surface area contributed by atoms with Crippen LogP contribution in [0.15, 0.2) is 48.6 Å². The van der Waals surface area contributed by atoms with Gasteiger partial charge in [-0.3, -0.25) is 29.3 Å². The summed E-state index contributed by atoms with van der Waals surface area (Å²) < 4.78 is 11.1. The van der Waals surface area contributed by atoms with Crippen molar-refractivity contribution in [1.82, 2.24) is 33.8 Å². The van der Waals surface area contributed by atoms with Crippen LogP contribution < -0.4 is 22.1 Å². The second-order valence-corrected chi connectivity index (χ2v) is 11.6. The van der Waals surface area contributed by atoms with Gasteiger partial charge in [-0.1, -0.05) is 12.2 Å². The van der Waals surface area contributed by atoms with Gasteiger partial charge in [-0.15, -0.1) is 0 Å². The molecule has 6 N–H and O–H groups in total. The minimum atomic E-state index is -0.557. The minimum absolute atomic E-state index is 0.328. The number of anilines is 2. The first-order valence-corrected chi connectivity index (χ1v) is 15.8. The van der Waals surface area contributed by atoms with Gasteiger partial charge in [-0.2, -0.15) is 5.10 Å². The molecule has 6 rings (SSSR count). The van der Waals surface area contributed by atoms with Crippen molar-refractivity contribution in [2.75, 3.05) is 44.0 Å². The van der Waals surface area contributed by atoms with Crippen molar-refractivity contribution in [1.29, 1.82) is 0 Å². The van der Waals surface area contributed by atoms with Crippen molar-refractivity contribution in [2.45, 2.75) is 40.0 Å². The number of morpholine rings is 1. The summed E-state index contributed by atoms with van der Waals surface area (Å²) in [4.78, 5) is 49.3. The van der Waals surface area contributed by atoms with Crippen LogP contribution in [0.2, 0.25) is 0 Å². The highest BCUT2D eigenvalue weighted by Crippen LogP contribution is 2.28. The summed E-state index contributed by atoms with van der Waals surface area (Å²) in [5.41, 5.74) is 16.8. The SMILES string of the molecule is CCn1nc(C)cc1C(=O)Nc1nc2cc(C(N)=O)cc(CN3CCOCC3)c2n1C/C=C/Cn1c(NC)nc2cc(C(N)=O)ccc21. The molecule has 5 aromatic rings. The molecular weight excluding hydrogens is 614 g/mol. The number of aromatic nitrogens is 6. The average Bonchev–Trinajstić information content (AvgIpc) is 3.75. The van der Waals surface area contributed by atoms with E-state index in [1.54, 1.807) is 42.1 Å². The predicted octanol–water partition coefficient (Wildman–Crippen LogP) is 2.49. The van der Waals surface area contributed by atoms with Crippen LogP contribution in [0.5, 0.6) is 0 Å². The van der Waals surface area contributed by atoms with Gasteiger partial charge >= 0.3 is 0 Å². The predicted molar refractivity (Wildman–Crippen MR) is 182 cm³/mol. The molecule has 15 heteroatoms. The van der Waals surface area contributed by atoms with E-state index >= 15 is 0 Å². The quantitative estimate of drug-likeness (QED) is 0.146. The number of carbonyl (C=O) groups is 3. The summed E-state index contributed by atoms with van der Waals surface area (Å²) in [6.45, 7) is 8.39. The van der Waals surface area contributed by atoms with E-state index in [0.717, 1.165) is 35.4 Å². The number of hydrogen-bond donors (Lipinski definition) is 4. The van der Waals surface area contributed by atoms with Crippen LogP contribution >= 0.6 is 0 Å². The number of rotatable bonds is 12. The van der Waals surface area contributed by atoms with Crippen LogP contribution in [-0.2, 0) is 30.9 Å². The van der Waals surface area contributed by atoms with Crippen LogP contribution in [0, 0.1) is 6.92 Å². The number of primary amides is 2. The number of amides is 3. The van der Waals surface area contributed by atoms with E-state index in [0.29, 0.717) is 79.1 Å². The first-order chi connectivity index (χ1) is 23.2. The monoisotopic (exact) mass is 653 g/mol.